The molecule has 1 N–H and O–H groups in total. The summed E-state index contributed by atoms with van der Waals surface area (Å²) in [6, 6.07) is 3.15. The maximum Gasteiger partial charge on any atom is 0.433 e. The Kier molecular flexibility index (Phi) is 5.07. The fourth-order valence-electron chi connectivity index (χ4n) is 3.34. The highest BCUT2D eigenvalue weighted by molar-refractivity contribution is 7.98. The molecule has 1 saturated heterocycles. The van der Waals surface area contributed by atoms with E-state index in [1.807, 2.05) is 11.8 Å². The van der Waals surface area contributed by atoms with E-state index in [1.54, 1.807) is 0 Å². The minimum atomic E-state index is -4.47. The van der Waals surface area contributed by atoms with Gasteiger partial charge < -0.3 is 10.2 Å². The molecule has 0 unspecified atom stereocenters. The van der Waals surface area contributed by atoms with Crippen LogP contribution in [0.5, 0.6) is 0 Å². The van der Waals surface area contributed by atoms with Gasteiger partial charge in [-0.3, -0.25) is 0 Å². The average molecular weight is 396 g/mol. The number of rotatable bonds is 3. The molecule has 0 saturated carbocycles. The van der Waals surface area contributed by atoms with Crippen LogP contribution in [0.2, 0.25) is 0 Å². The van der Waals surface area contributed by atoms with Gasteiger partial charge in [-0.25, -0.2) is 9.97 Å². The van der Waals surface area contributed by atoms with Crippen molar-refractivity contribution in [3.8, 4) is 0 Å². The van der Waals surface area contributed by atoms with Gasteiger partial charge in [0.2, 0.25) is 0 Å². The predicted octanol–water partition coefficient (Wildman–Crippen LogP) is 3.16. The van der Waals surface area contributed by atoms with Crippen LogP contribution in [0.4, 0.5) is 24.8 Å². The number of aromatic nitrogens is 4. The molecule has 2 aliphatic rings. The Bertz CT molecular complexity index is 807. The van der Waals surface area contributed by atoms with Gasteiger partial charge in [-0.1, -0.05) is 0 Å². The number of anilines is 2. The Labute approximate surface area is 159 Å². The molecular formula is C17H19F3N6S. The topological polar surface area (TPSA) is 66.8 Å². The third-order valence-corrected chi connectivity index (χ3v) is 5.82. The maximum atomic E-state index is 12.8. The van der Waals surface area contributed by atoms with Gasteiger partial charge in [0.15, 0.2) is 5.82 Å². The number of aryl methyl sites for hydroxylation is 1. The van der Waals surface area contributed by atoms with Crippen molar-refractivity contribution >= 4 is 23.4 Å². The van der Waals surface area contributed by atoms with Gasteiger partial charge in [-0.05, 0) is 30.2 Å². The monoisotopic (exact) mass is 396 g/mol. The van der Waals surface area contributed by atoms with Crippen molar-refractivity contribution < 1.29 is 13.2 Å². The van der Waals surface area contributed by atoms with Crippen LogP contribution >= 0.6 is 11.8 Å². The van der Waals surface area contributed by atoms with Crippen molar-refractivity contribution in [3.63, 3.8) is 0 Å². The first-order valence-electron chi connectivity index (χ1n) is 8.83. The van der Waals surface area contributed by atoms with E-state index in [-0.39, 0.29) is 11.9 Å². The molecule has 27 heavy (non-hydrogen) atoms. The number of hydrogen-bond donors (Lipinski definition) is 1. The number of hydrogen-bond acceptors (Lipinski definition) is 7. The number of nitrogens with zero attached hydrogens (tertiary/aromatic N) is 5. The van der Waals surface area contributed by atoms with E-state index in [9.17, 15) is 13.2 Å². The highest BCUT2D eigenvalue weighted by Gasteiger charge is 2.33. The van der Waals surface area contributed by atoms with Crippen LogP contribution in [0.15, 0.2) is 18.5 Å². The largest absolute Gasteiger partial charge is 0.433 e. The zero-order valence-electron chi connectivity index (χ0n) is 14.5. The molecule has 1 fully saturated rings. The van der Waals surface area contributed by atoms with E-state index in [0.717, 1.165) is 67.8 Å². The average Bonchev–Trinajstić information content (AvgIpc) is 2.68. The zero-order chi connectivity index (χ0) is 18.9. The van der Waals surface area contributed by atoms with E-state index >= 15 is 0 Å². The number of thioether (sulfide) groups is 1. The summed E-state index contributed by atoms with van der Waals surface area (Å²) in [5.74, 6) is 3.17. The fourth-order valence-corrected chi connectivity index (χ4v) is 4.29. The quantitative estimate of drug-likeness (QED) is 0.855. The molecule has 0 radical (unpaired) electrons. The number of fused-ring (bicyclic) bond motifs is 1. The Morgan fingerprint density at radius 3 is 2.70 bits per heavy atom. The van der Waals surface area contributed by atoms with Gasteiger partial charge in [0.25, 0.3) is 0 Å². The first-order chi connectivity index (χ1) is 13.0. The van der Waals surface area contributed by atoms with Crippen molar-refractivity contribution in [1.29, 1.82) is 0 Å². The number of piperidine rings is 1. The summed E-state index contributed by atoms with van der Waals surface area (Å²) in [5.41, 5.74) is 1.43. The normalized spacial score (nSPS) is 18.3. The molecule has 0 spiro atoms. The van der Waals surface area contributed by atoms with Gasteiger partial charge >= 0.3 is 6.18 Å². The molecule has 0 bridgehead atoms. The first kappa shape index (κ1) is 18.3. The van der Waals surface area contributed by atoms with Crippen LogP contribution in [0, 0.1) is 0 Å². The smallest absolute Gasteiger partial charge is 0.367 e. The van der Waals surface area contributed by atoms with Crippen molar-refractivity contribution in [1.82, 2.24) is 20.2 Å². The number of alkyl halides is 3. The Hall–Kier alpha value is -2.10. The van der Waals surface area contributed by atoms with Crippen molar-refractivity contribution in [3.05, 3.63) is 35.4 Å². The lowest BCUT2D eigenvalue weighted by Crippen LogP contribution is -2.40. The fraction of sp³-hybridized carbons (Fsp3) is 0.529. The molecule has 4 heterocycles. The van der Waals surface area contributed by atoms with Gasteiger partial charge in [0.05, 0.1) is 5.69 Å². The van der Waals surface area contributed by atoms with Crippen LogP contribution < -0.4 is 10.2 Å². The Morgan fingerprint density at radius 1 is 1.11 bits per heavy atom. The third-order valence-electron chi connectivity index (χ3n) is 4.82. The molecule has 0 aliphatic carbocycles. The van der Waals surface area contributed by atoms with E-state index in [2.05, 4.69) is 36.4 Å². The van der Waals surface area contributed by atoms with E-state index in [0.29, 0.717) is 0 Å². The van der Waals surface area contributed by atoms with Gasteiger partial charge in [0.1, 0.15) is 17.8 Å². The van der Waals surface area contributed by atoms with Crippen molar-refractivity contribution in [2.75, 3.05) is 29.1 Å². The Morgan fingerprint density at radius 2 is 1.93 bits per heavy atom. The number of nitrogens with one attached hydrogen (secondary N) is 1. The van der Waals surface area contributed by atoms with Crippen LogP contribution in [0.3, 0.4) is 0 Å². The van der Waals surface area contributed by atoms with Crippen LogP contribution in [0.1, 0.15) is 29.8 Å². The first-order valence-corrected chi connectivity index (χ1v) is 9.98. The van der Waals surface area contributed by atoms with Gasteiger partial charge in [-0.2, -0.15) is 30.0 Å². The Balaban J connectivity index is 1.37. The van der Waals surface area contributed by atoms with E-state index in [4.69, 9.17) is 0 Å². The van der Waals surface area contributed by atoms with E-state index in [1.165, 1.54) is 5.56 Å². The lowest BCUT2D eigenvalue weighted by molar-refractivity contribution is -0.141. The molecular weight excluding hydrogens is 377 g/mol. The van der Waals surface area contributed by atoms with Crippen molar-refractivity contribution in [2.45, 2.75) is 37.2 Å². The van der Waals surface area contributed by atoms with Crippen LogP contribution in [-0.2, 0) is 18.3 Å². The predicted molar refractivity (Wildman–Crippen MR) is 97.8 cm³/mol. The molecule has 2 aromatic heterocycles. The minimum absolute atomic E-state index is 0.0679. The SMILES string of the molecule is FC(F)(F)c1cc(NC2CCN(c3cc4c(nn3)CCSC4)CC2)ncn1. The molecule has 2 aliphatic heterocycles. The molecule has 144 valence electrons. The van der Waals surface area contributed by atoms with Gasteiger partial charge in [0, 0.05) is 37.4 Å². The summed E-state index contributed by atoms with van der Waals surface area (Å²) in [4.78, 5) is 9.39. The number of halogens is 3. The second-order valence-electron chi connectivity index (χ2n) is 6.67. The molecule has 2 aromatic rings. The lowest BCUT2D eigenvalue weighted by atomic mass is 10.0. The molecule has 10 heteroatoms. The molecule has 0 aromatic carbocycles. The maximum absolute atomic E-state index is 12.8. The van der Waals surface area contributed by atoms with Crippen molar-refractivity contribution in [2.24, 2.45) is 0 Å². The lowest BCUT2D eigenvalue weighted by Gasteiger charge is -2.33. The summed E-state index contributed by atoms with van der Waals surface area (Å²) in [5, 5.41) is 11.8. The third kappa shape index (κ3) is 4.26. The zero-order valence-corrected chi connectivity index (χ0v) is 15.4. The van der Waals surface area contributed by atoms with Gasteiger partial charge in [-0.15, -0.1) is 5.10 Å². The molecule has 0 amide bonds. The summed E-state index contributed by atoms with van der Waals surface area (Å²) in [6.07, 6.45) is -0.969. The summed E-state index contributed by atoms with van der Waals surface area (Å²) in [6.45, 7) is 1.55. The molecule has 0 atom stereocenters. The van der Waals surface area contributed by atoms with Crippen LogP contribution in [-0.4, -0.2) is 45.0 Å². The minimum Gasteiger partial charge on any atom is -0.367 e. The second-order valence-corrected chi connectivity index (χ2v) is 7.77. The molecule has 6 nitrogen and oxygen atoms in total. The highest BCUT2D eigenvalue weighted by atomic mass is 32.2. The second kappa shape index (κ2) is 7.49. The summed E-state index contributed by atoms with van der Waals surface area (Å²) >= 11 is 1.91. The molecule has 4 rings (SSSR count). The summed E-state index contributed by atoms with van der Waals surface area (Å²) < 4.78 is 38.3. The standard InChI is InChI=1S/C17H19F3N6S/c18-17(19,20)14-8-15(22-10-21-14)23-12-1-4-26(5-2-12)16-7-11-9-27-6-3-13(11)24-25-16/h7-8,10,12H,1-6,9H2,(H,21,22,23). The highest BCUT2D eigenvalue weighted by Crippen LogP contribution is 2.29. The van der Waals surface area contributed by atoms with E-state index < -0.39 is 11.9 Å². The summed E-state index contributed by atoms with van der Waals surface area (Å²) in [7, 11) is 0. The van der Waals surface area contributed by atoms with Crippen LogP contribution in [0.25, 0.3) is 0 Å².